The highest BCUT2D eigenvalue weighted by molar-refractivity contribution is 8.01. The number of carboxylic acids is 1. The predicted molar refractivity (Wildman–Crippen MR) is 110 cm³/mol. The minimum absolute atomic E-state index is 0.0802. The van der Waals surface area contributed by atoms with E-state index >= 15 is 0 Å². The number of fused-ring (bicyclic) bond motifs is 1. The second-order valence-corrected chi connectivity index (χ2v) is 10.8. The summed E-state index contributed by atoms with van der Waals surface area (Å²) >= 11 is 3.84. The van der Waals surface area contributed by atoms with E-state index in [9.17, 15) is 23.7 Å². The fourth-order valence-corrected chi connectivity index (χ4v) is 7.11. The first-order chi connectivity index (χ1) is 14.5. The molecule has 2 amide bonds. The molecule has 30 heavy (non-hydrogen) atoms. The quantitative estimate of drug-likeness (QED) is 0.406. The Labute approximate surface area is 184 Å². The number of aromatic nitrogens is 2. The second kappa shape index (κ2) is 8.91. The Kier molecular flexibility index (Phi) is 6.26. The van der Waals surface area contributed by atoms with Crippen LogP contribution in [0, 0.1) is 0 Å². The van der Waals surface area contributed by atoms with Gasteiger partial charge in [0.2, 0.25) is 12.3 Å². The minimum atomic E-state index is -1.49. The van der Waals surface area contributed by atoms with Crippen molar-refractivity contribution in [1.29, 1.82) is 0 Å². The van der Waals surface area contributed by atoms with Gasteiger partial charge >= 0.3 is 5.97 Å². The van der Waals surface area contributed by atoms with Gasteiger partial charge in [-0.3, -0.25) is 18.7 Å². The van der Waals surface area contributed by atoms with Crippen molar-refractivity contribution in [3.63, 3.8) is 0 Å². The summed E-state index contributed by atoms with van der Waals surface area (Å²) in [7, 11) is -1.49. The molecule has 2 aliphatic heterocycles. The third kappa shape index (κ3) is 4.17. The number of carbonyl (C=O) groups excluding carboxylic acids is 2. The number of thiophene rings is 1. The van der Waals surface area contributed by atoms with E-state index in [2.05, 4.69) is 15.5 Å². The molecule has 14 heteroatoms. The maximum absolute atomic E-state index is 12.6. The zero-order valence-corrected chi connectivity index (χ0v) is 18.3. The molecule has 3 atom stereocenters. The average molecular weight is 487 g/mol. The van der Waals surface area contributed by atoms with Crippen LogP contribution < -0.4 is 5.32 Å². The fraction of sp³-hybridized carbons (Fsp3) is 0.312. The average Bonchev–Trinajstić information content (AvgIpc) is 3.43. The smallest absolute Gasteiger partial charge is 0.352 e. The number of carboxylic acid groups (broad SMARTS) is 1. The van der Waals surface area contributed by atoms with Crippen LogP contribution in [0.3, 0.4) is 0 Å². The second-order valence-electron chi connectivity index (χ2n) is 6.13. The molecule has 1 fully saturated rings. The summed E-state index contributed by atoms with van der Waals surface area (Å²) in [4.78, 5) is 37.9. The molecule has 158 valence electrons. The van der Waals surface area contributed by atoms with E-state index in [1.165, 1.54) is 46.2 Å². The highest BCUT2D eigenvalue weighted by Crippen LogP contribution is 2.41. The summed E-state index contributed by atoms with van der Waals surface area (Å²) in [6.45, 7) is 0. The summed E-state index contributed by atoms with van der Waals surface area (Å²) in [6, 6.07) is 2.58. The number of hydrogen-bond donors (Lipinski definition) is 2. The molecule has 0 saturated carbocycles. The lowest BCUT2D eigenvalue weighted by Crippen LogP contribution is -2.70. The zero-order chi connectivity index (χ0) is 21.3. The van der Waals surface area contributed by atoms with Crippen LogP contribution >= 0.6 is 34.9 Å². The Balaban J connectivity index is 1.41. The SMILES string of the molecule is O=C(CS(=O)c1cccs1)NC1C(=O)N2C(C(=O)O)=C(CSc3nnco3)CSC12. The number of β-lactam (4-membered cyclic amide) rings is 1. The van der Waals surface area contributed by atoms with Crippen LogP contribution in [0.4, 0.5) is 0 Å². The van der Waals surface area contributed by atoms with E-state index in [1.807, 2.05) is 0 Å². The van der Waals surface area contributed by atoms with Crippen LogP contribution in [0.25, 0.3) is 0 Å². The predicted octanol–water partition coefficient (Wildman–Crippen LogP) is 0.770. The van der Waals surface area contributed by atoms with Crippen LogP contribution in [0.5, 0.6) is 0 Å². The Morgan fingerprint density at radius 1 is 1.47 bits per heavy atom. The molecule has 0 spiro atoms. The lowest BCUT2D eigenvalue weighted by Gasteiger charge is -2.49. The summed E-state index contributed by atoms with van der Waals surface area (Å²) < 4.78 is 17.8. The number of nitrogens with one attached hydrogen (secondary N) is 1. The molecule has 2 aromatic rings. The number of carbonyl (C=O) groups is 3. The highest BCUT2D eigenvalue weighted by Gasteiger charge is 2.54. The van der Waals surface area contributed by atoms with Crippen molar-refractivity contribution in [2.75, 3.05) is 17.3 Å². The normalized spacial score (nSPS) is 21.7. The van der Waals surface area contributed by atoms with Gasteiger partial charge in [0.1, 0.15) is 22.9 Å². The van der Waals surface area contributed by atoms with Gasteiger partial charge in [0.05, 0.1) is 15.0 Å². The number of hydrogen-bond acceptors (Lipinski definition) is 10. The first-order valence-electron chi connectivity index (χ1n) is 8.46. The Bertz CT molecular complexity index is 1020. The third-order valence-corrected chi connectivity index (χ3v) is 9.13. The lowest BCUT2D eigenvalue weighted by atomic mass is 10.0. The number of nitrogens with zero attached hydrogens (tertiary/aromatic N) is 3. The Morgan fingerprint density at radius 3 is 2.97 bits per heavy atom. The zero-order valence-electron chi connectivity index (χ0n) is 15.0. The first kappa shape index (κ1) is 21.1. The van der Waals surface area contributed by atoms with E-state index in [-0.39, 0.29) is 17.2 Å². The Hall–Kier alpha value is -2.16. The number of thioether (sulfide) groups is 2. The number of amides is 2. The molecule has 0 aliphatic carbocycles. The number of aliphatic carboxylic acids is 1. The largest absolute Gasteiger partial charge is 0.477 e. The van der Waals surface area contributed by atoms with Crippen LogP contribution in [-0.4, -0.2) is 70.9 Å². The molecular weight excluding hydrogens is 472 g/mol. The van der Waals surface area contributed by atoms with Gasteiger partial charge in [-0.2, -0.15) is 0 Å². The summed E-state index contributed by atoms with van der Waals surface area (Å²) in [5, 5.41) is 21.1. The van der Waals surface area contributed by atoms with E-state index in [4.69, 9.17) is 4.42 Å². The lowest BCUT2D eigenvalue weighted by molar-refractivity contribution is -0.150. The fourth-order valence-electron chi connectivity index (χ4n) is 2.97. The van der Waals surface area contributed by atoms with Crippen LogP contribution in [0.15, 0.2) is 49.0 Å². The maximum atomic E-state index is 12.6. The standard InChI is InChI=1S/C16H14N4O6S4/c21-9(6-30(25)10-2-1-3-27-10)18-11-13(22)20-12(15(23)24)8(4-28-14(11)20)5-29-16-19-17-7-26-16/h1-3,7,11,14H,4-6H2,(H,18,21)(H,23,24). The monoisotopic (exact) mass is 486 g/mol. The van der Waals surface area contributed by atoms with Crippen LogP contribution in [-0.2, 0) is 25.2 Å². The van der Waals surface area contributed by atoms with Gasteiger partial charge in [0, 0.05) is 11.5 Å². The topological polar surface area (TPSA) is 143 Å². The molecule has 10 nitrogen and oxygen atoms in total. The minimum Gasteiger partial charge on any atom is -0.477 e. The van der Waals surface area contributed by atoms with Crippen LogP contribution in [0.2, 0.25) is 0 Å². The highest BCUT2D eigenvalue weighted by atomic mass is 32.2. The molecule has 2 aromatic heterocycles. The molecule has 0 aromatic carbocycles. The van der Waals surface area contributed by atoms with Gasteiger partial charge < -0.3 is 14.8 Å². The molecule has 4 rings (SSSR count). The molecule has 2 N–H and O–H groups in total. The molecule has 1 saturated heterocycles. The van der Waals surface area contributed by atoms with Gasteiger partial charge in [-0.1, -0.05) is 17.8 Å². The van der Waals surface area contributed by atoms with Gasteiger partial charge in [0.15, 0.2) is 0 Å². The summed E-state index contributed by atoms with van der Waals surface area (Å²) in [5.74, 6) is -1.82. The van der Waals surface area contributed by atoms with Crippen LogP contribution in [0.1, 0.15) is 0 Å². The Morgan fingerprint density at radius 2 is 2.30 bits per heavy atom. The molecular formula is C16H14N4O6S4. The molecule has 0 radical (unpaired) electrons. The van der Waals surface area contributed by atoms with E-state index < -0.39 is 40.0 Å². The van der Waals surface area contributed by atoms with Crippen molar-refractivity contribution >= 4 is 63.4 Å². The van der Waals surface area contributed by atoms with Crippen molar-refractivity contribution in [2.45, 2.75) is 20.8 Å². The van der Waals surface area contributed by atoms with Crippen molar-refractivity contribution in [3.8, 4) is 0 Å². The molecule has 2 aliphatic rings. The number of rotatable bonds is 8. The van der Waals surface area contributed by atoms with E-state index in [0.29, 0.717) is 20.8 Å². The van der Waals surface area contributed by atoms with Gasteiger partial charge in [-0.25, -0.2) is 4.79 Å². The summed E-state index contributed by atoms with van der Waals surface area (Å²) in [5.41, 5.74) is 0.479. The molecule has 3 unspecified atom stereocenters. The van der Waals surface area contributed by atoms with E-state index in [0.717, 1.165) is 0 Å². The van der Waals surface area contributed by atoms with Gasteiger partial charge in [-0.05, 0) is 17.0 Å². The summed E-state index contributed by atoms with van der Waals surface area (Å²) in [6.07, 6.45) is 1.18. The third-order valence-electron chi connectivity index (χ3n) is 4.26. The van der Waals surface area contributed by atoms with Crippen molar-refractivity contribution in [1.82, 2.24) is 20.4 Å². The van der Waals surface area contributed by atoms with Crippen molar-refractivity contribution in [3.05, 3.63) is 35.2 Å². The molecule has 0 bridgehead atoms. The maximum Gasteiger partial charge on any atom is 0.352 e. The van der Waals surface area contributed by atoms with Gasteiger partial charge in [0.25, 0.3) is 11.1 Å². The molecule has 4 heterocycles. The van der Waals surface area contributed by atoms with Gasteiger partial charge in [-0.15, -0.1) is 33.3 Å². The van der Waals surface area contributed by atoms with E-state index in [1.54, 1.807) is 17.5 Å². The first-order valence-corrected chi connectivity index (χ1v) is 12.7. The van der Waals surface area contributed by atoms with Crippen molar-refractivity contribution < 1.29 is 28.1 Å². The van der Waals surface area contributed by atoms with Crippen molar-refractivity contribution in [2.24, 2.45) is 0 Å².